The van der Waals surface area contributed by atoms with Crippen LogP contribution in [0.4, 0.5) is 0 Å². The number of carbonyl (C=O) groups excluding carboxylic acids is 1. The Morgan fingerprint density at radius 2 is 1.66 bits per heavy atom. The van der Waals surface area contributed by atoms with Gasteiger partial charge in [0.15, 0.2) is 11.5 Å². The highest BCUT2D eigenvalue weighted by Gasteiger charge is 2.32. The van der Waals surface area contributed by atoms with Crippen molar-refractivity contribution in [1.29, 1.82) is 0 Å². The van der Waals surface area contributed by atoms with Gasteiger partial charge >= 0.3 is 0 Å². The lowest BCUT2D eigenvalue weighted by atomic mass is 9.97. The van der Waals surface area contributed by atoms with Crippen LogP contribution in [-0.4, -0.2) is 46.0 Å². The van der Waals surface area contributed by atoms with Gasteiger partial charge < -0.3 is 14.4 Å². The Labute approximate surface area is 190 Å². The Balaban J connectivity index is 1.83. The van der Waals surface area contributed by atoms with E-state index in [1.165, 1.54) is 0 Å². The summed E-state index contributed by atoms with van der Waals surface area (Å²) in [5.41, 5.74) is 3.05. The van der Waals surface area contributed by atoms with Gasteiger partial charge in [-0.25, -0.2) is 8.42 Å². The number of fused-ring (bicyclic) bond motifs is 1. The molecular formula is C24H32N2O5S. The maximum absolute atomic E-state index is 13.4. The van der Waals surface area contributed by atoms with Crippen LogP contribution in [-0.2, 0) is 27.8 Å². The number of carbonyl (C=O) groups is 1. The third-order valence-electron chi connectivity index (χ3n) is 5.66. The van der Waals surface area contributed by atoms with E-state index in [1.54, 1.807) is 43.4 Å². The van der Waals surface area contributed by atoms with Crippen LogP contribution in [0, 0.1) is 12.8 Å². The molecule has 1 aliphatic rings. The largest absolute Gasteiger partial charge is 0.493 e. The van der Waals surface area contributed by atoms with E-state index in [2.05, 4.69) is 4.72 Å². The van der Waals surface area contributed by atoms with Gasteiger partial charge in [0, 0.05) is 13.1 Å². The predicted octanol–water partition coefficient (Wildman–Crippen LogP) is 3.29. The number of hydrogen-bond acceptors (Lipinski definition) is 5. The Bertz CT molecular complexity index is 1060. The van der Waals surface area contributed by atoms with Crippen LogP contribution in [0.2, 0.25) is 0 Å². The lowest BCUT2D eigenvalue weighted by Crippen LogP contribution is -2.50. The van der Waals surface area contributed by atoms with Crippen LogP contribution >= 0.6 is 0 Å². The molecule has 8 heteroatoms. The average Bonchev–Trinajstić information content (AvgIpc) is 2.76. The fourth-order valence-corrected chi connectivity index (χ4v) is 5.14. The fraction of sp³-hybridized carbons (Fsp3) is 0.458. The first-order chi connectivity index (χ1) is 15.1. The van der Waals surface area contributed by atoms with Gasteiger partial charge in [0.25, 0.3) is 0 Å². The molecule has 1 atom stereocenters. The number of methoxy groups -OCH3 is 2. The summed E-state index contributed by atoms with van der Waals surface area (Å²) < 4.78 is 39.4. The van der Waals surface area contributed by atoms with Gasteiger partial charge in [0.1, 0.15) is 6.04 Å². The molecule has 0 aliphatic carbocycles. The molecule has 174 valence electrons. The molecule has 0 radical (unpaired) electrons. The molecule has 2 aromatic rings. The summed E-state index contributed by atoms with van der Waals surface area (Å²) >= 11 is 0. The molecule has 3 rings (SSSR count). The normalized spacial score (nSPS) is 14.8. The minimum atomic E-state index is -3.82. The molecule has 0 saturated carbocycles. The van der Waals surface area contributed by atoms with Crippen molar-refractivity contribution in [2.75, 3.05) is 20.8 Å². The molecule has 0 bridgehead atoms. The number of nitrogens with one attached hydrogen (secondary N) is 1. The van der Waals surface area contributed by atoms with Crippen LogP contribution in [0.25, 0.3) is 0 Å². The zero-order chi connectivity index (χ0) is 23.5. The van der Waals surface area contributed by atoms with E-state index >= 15 is 0 Å². The number of ether oxygens (including phenoxy) is 2. The quantitative estimate of drug-likeness (QED) is 0.653. The second-order valence-electron chi connectivity index (χ2n) is 8.60. The monoisotopic (exact) mass is 460 g/mol. The number of hydrogen-bond donors (Lipinski definition) is 1. The van der Waals surface area contributed by atoms with E-state index in [0.29, 0.717) is 37.4 Å². The summed E-state index contributed by atoms with van der Waals surface area (Å²) in [5.74, 6) is 1.20. The Morgan fingerprint density at radius 1 is 1.06 bits per heavy atom. The third kappa shape index (κ3) is 5.42. The molecule has 1 heterocycles. The van der Waals surface area contributed by atoms with Gasteiger partial charge in [-0.05, 0) is 61.1 Å². The van der Waals surface area contributed by atoms with Crippen molar-refractivity contribution in [1.82, 2.24) is 9.62 Å². The van der Waals surface area contributed by atoms with Crippen LogP contribution in [0.3, 0.4) is 0 Å². The molecule has 0 spiro atoms. The Kier molecular flexibility index (Phi) is 7.46. The molecule has 0 aromatic heterocycles. The molecule has 2 aromatic carbocycles. The zero-order valence-corrected chi connectivity index (χ0v) is 20.2. The molecule has 0 saturated heterocycles. The van der Waals surface area contributed by atoms with Crippen LogP contribution < -0.4 is 14.2 Å². The maximum atomic E-state index is 13.4. The predicted molar refractivity (Wildman–Crippen MR) is 123 cm³/mol. The standard InChI is InChI=1S/C24H32N2O5S/c1-16(2)12-21(25-32(28,29)20-8-6-17(3)7-9-20)24(27)26-11-10-18-13-22(30-4)23(31-5)14-19(18)15-26/h6-9,13-14,16,21,25H,10-12,15H2,1-5H3. The van der Waals surface area contributed by atoms with Gasteiger partial charge in [-0.3, -0.25) is 4.79 Å². The Morgan fingerprint density at radius 3 is 2.22 bits per heavy atom. The van der Waals surface area contributed by atoms with Gasteiger partial charge in [-0.15, -0.1) is 0 Å². The molecule has 1 aliphatic heterocycles. The summed E-state index contributed by atoms with van der Waals surface area (Å²) in [4.78, 5) is 15.3. The topological polar surface area (TPSA) is 84.9 Å². The van der Waals surface area contributed by atoms with Crippen molar-refractivity contribution in [3.8, 4) is 11.5 Å². The minimum absolute atomic E-state index is 0.145. The minimum Gasteiger partial charge on any atom is -0.493 e. The fourth-order valence-electron chi connectivity index (χ4n) is 3.94. The van der Waals surface area contributed by atoms with E-state index in [0.717, 1.165) is 16.7 Å². The average molecular weight is 461 g/mol. The molecule has 1 unspecified atom stereocenters. The van der Waals surface area contributed by atoms with Crippen molar-refractivity contribution in [3.63, 3.8) is 0 Å². The van der Waals surface area contributed by atoms with Crippen LogP contribution in [0.15, 0.2) is 41.3 Å². The lowest BCUT2D eigenvalue weighted by molar-refractivity contribution is -0.134. The first-order valence-electron chi connectivity index (χ1n) is 10.8. The van der Waals surface area contributed by atoms with E-state index in [1.807, 2.05) is 32.9 Å². The molecule has 7 nitrogen and oxygen atoms in total. The van der Waals surface area contributed by atoms with Gasteiger partial charge in [-0.2, -0.15) is 4.72 Å². The zero-order valence-electron chi connectivity index (χ0n) is 19.3. The van der Waals surface area contributed by atoms with Crippen molar-refractivity contribution >= 4 is 15.9 Å². The number of benzene rings is 2. The number of nitrogens with zero attached hydrogens (tertiary/aromatic N) is 1. The summed E-state index contributed by atoms with van der Waals surface area (Å²) in [6.07, 6.45) is 1.08. The number of rotatable bonds is 8. The maximum Gasteiger partial charge on any atom is 0.241 e. The molecule has 32 heavy (non-hydrogen) atoms. The molecule has 1 N–H and O–H groups in total. The van der Waals surface area contributed by atoms with E-state index in [9.17, 15) is 13.2 Å². The summed E-state index contributed by atoms with van der Waals surface area (Å²) in [6.45, 7) is 6.76. The van der Waals surface area contributed by atoms with Crippen molar-refractivity contribution < 1.29 is 22.7 Å². The van der Waals surface area contributed by atoms with E-state index < -0.39 is 16.1 Å². The smallest absolute Gasteiger partial charge is 0.241 e. The number of aryl methyl sites for hydroxylation is 1. The van der Waals surface area contributed by atoms with Crippen molar-refractivity contribution in [2.24, 2.45) is 5.92 Å². The van der Waals surface area contributed by atoms with Gasteiger partial charge in [0.05, 0.1) is 19.1 Å². The molecule has 0 fully saturated rings. The first kappa shape index (κ1) is 24.1. The second kappa shape index (κ2) is 9.92. The Hall–Kier alpha value is -2.58. The summed E-state index contributed by atoms with van der Waals surface area (Å²) in [5, 5.41) is 0. The number of amides is 1. The molecule has 1 amide bonds. The van der Waals surface area contributed by atoms with Crippen molar-refractivity contribution in [2.45, 2.75) is 51.1 Å². The van der Waals surface area contributed by atoms with Crippen LogP contribution in [0.1, 0.15) is 37.0 Å². The molecular weight excluding hydrogens is 428 g/mol. The van der Waals surface area contributed by atoms with E-state index in [-0.39, 0.29) is 16.7 Å². The third-order valence-corrected chi connectivity index (χ3v) is 7.15. The lowest BCUT2D eigenvalue weighted by Gasteiger charge is -2.33. The highest BCUT2D eigenvalue weighted by atomic mass is 32.2. The number of sulfonamides is 1. The highest BCUT2D eigenvalue weighted by molar-refractivity contribution is 7.89. The van der Waals surface area contributed by atoms with Gasteiger partial charge in [0.2, 0.25) is 15.9 Å². The second-order valence-corrected chi connectivity index (χ2v) is 10.3. The summed E-state index contributed by atoms with van der Waals surface area (Å²) in [7, 11) is -0.645. The highest BCUT2D eigenvalue weighted by Crippen LogP contribution is 2.33. The summed E-state index contributed by atoms with van der Waals surface area (Å²) in [6, 6.07) is 9.62. The van der Waals surface area contributed by atoms with Crippen molar-refractivity contribution in [3.05, 3.63) is 53.1 Å². The first-order valence-corrected chi connectivity index (χ1v) is 12.2. The van der Waals surface area contributed by atoms with Gasteiger partial charge in [-0.1, -0.05) is 31.5 Å². The van der Waals surface area contributed by atoms with E-state index in [4.69, 9.17) is 9.47 Å². The van der Waals surface area contributed by atoms with Crippen LogP contribution in [0.5, 0.6) is 11.5 Å². The SMILES string of the molecule is COc1cc2c(cc1OC)CN(C(=O)C(CC(C)C)NS(=O)(=O)c1ccc(C)cc1)CC2.